The highest BCUT2D eigenvalue weighted by Gasteiger charge is 2.24. The number of nitriles is 1. The van der Waals surface area contributed by atoms with E-state index in [-0.39, 0.29) is 11.6 Å². The number of hydrogen-bond acceptors (Lipinski definition) is 4. The largest absolute Gasteiger partial charge is 0.323 e. The van der Waals surface area contributed by atoms with Crippen LogP contribution in [0.2, 0.25) is 0 Å². The van der Waals surface area contributed by atoms with Crippen LogP contribution in [0.3, 0.4) is 0 Å². The first kappa shape index (κ1) is 19.4. The fourth-order valence-electron chi connectivity index (χ4n) is 3.23. The SMILES string of the molecule is CCC(Sc1nc2c(cc1C#N)CC(C)CC2)C(=O)Nc1ccccc1F. The number of fused-ring (bicyclic) bond motifs is 1. The minimum atomic E-state index is -0.468. The minimum Gasteiger partial charge on any atom is -0.323 e. The van der Waals surface area contributed by atoms with Crippen LogP contribution < -0.4 is 5.32 Å². The summed E-state index contributed by atoms with van der Waals surface area (Å²) in [6, 6.07) is 10.2. The Bertz CT molecular complexity index is 893. The van der Waals surface area contributed by atoms with Crippen molar-refractivity contribution in [3.63, 3.8) is 0 Å². The molecule has 3 rings (SSSR count). The molecule has 1 aromatic carbocycles. The van der Waals surface area contributed by atoms with Crippen LogP contribution in [0, 0.1) is 23.1 Å². The number of para-hydroxylation sites is 1. The van der Waals surface area contributed by atoms with Crippen molar-refractivity contribution in [1.82, 2.24) is 4.98 Å². The number of anilines is 1. The van der Waals surface area contributed by atoms with Gasteiger partial charge in [-0.1, -0.05) is 37.7 Å². The second kappa shape index (κ2) is 8.53. The van der Waals surface area contributed by atoms with Crippen molar-refractivity contribution in [2.45, 2.75) is 49.8 Å². The molecule has 1 N–H and O–H groups in total. The van der Waals surface area contributed by atoms with Crippen molar-refractivity contribution in [2.24, 2.45) is 5.92 Å². The van der Waals surface area contributed by atoms with E-state index >= 15 is 0 Å². The number of amides is 1. The number of benzene rings is 1. The topological polar surface area (TPSA) is 65.8 Å². The zero-order chi connectivity index (χ0) is 19.4. The van der Waals surface area contributed by atoms with E-state index in [1.54, 1.807) is 12.1 Å². The van der Waals surface area contributed by atoms with Crippen molar-refractivity contribution in [3.05, 3.63) is 53.0 Å². The molecule has 4 nitrogen and oxygen atoms in total. The van der Waals surface area contributed by atoms with Crippen molar-refractivity contribution >= 4 is 23.4 Å². The number of halogens is 1. The maximum Gasteiger partial charge on any atom is 0.237 e. The lowest BCUT2D eigenvalue weighted by Crippen LogP contribution is -2.25. The van der Waals surface area contributed by atoms with Crippen LogP contribution in [-0.2, 0) is 17.6 Å². The minimum absolute atomic E-state index is 0.162. The van der Waals surface area contributed by atoms with Gasteiger partial charge in [0.15, 0.2) is 0 Å². The number of hydrogen-bond donors (Lipinski definition) is 1. The molecule has 1 heterocycles. The van der Waals surface area contributed by atoms with Crippen LogP contribution in [0.4, 0.5) is 10.1 Å². The van der Waals surface area contributed by atoms with Gasteiger partial charge >= 0.3 is 0 Å². The maximum absolute atomic E-state index is 13.8. The van der Waals surface area contributed by atoms with Gasteiger partial charge in [0.05, 0.1) is 16.5 Å². The highest BCUT2D eigenvalue weighted by atomic mass is 32.2. The first-order valence-corrected chi connectivity index (χ1v) is 10.0. The van der Waals surface area contributed by atoms with E-state index in [4.69, 9.17) is 4.98 Å². The highest BCUT2D eigenvalue weighted by Crippen LogP contribution is 2.32. The van der Waals surface area contributed by atoms with Gasteiger partial charge in [-0.2, -0.15) is 5.26 Å². The van der Waals surface area contributed by atoms with Gasteiger partial charge < -0.3 is 5.32 Å². The Balaban J connectivity index is 1.81. The highest BCUT2D eigenvalue weighted by molar-refractivity contribution is 8.00. The van der Waals surface area contributed by atoms with Gasteiger partial charge in [0.25, 0.3) is 0 Å². The van der Waals surface area contributed by atoms with Crippen molar-refractivity contribution in [2.75, 3.05) is 5.32 Å². The lowest BCUT2D eigenvalue weighted by molar-refractivity contribution is -0.115. The third-order valence-electron chi connectivity index (χ3n) is 4.77. The van der Waals surface area contributed by atoms with E-state index in [2.05, 4.69) is 18.3 Å². The number of aryl methyl sites for hydroxylation is 1. The van der Waals surface area contributed by atoms with Gasteiger partial charge in [-0.05, 0) is 55.4 Å². The molecule has 0 fully saturated rings. The van der Waals surface area contributed by atoms with E-state index in [9.17, 15) is 14.4 Å². The Kier molecular flexibility index (Phi) is 6.12. The molecule has 1 aromatic heterocycles. The van der Waals surface area contributed by atoms with Crippen LogP contribution in [-0.4, -0.2) is 16.1 Å². The summed E-state index contributed by atoms with van der Waals surface area (Å²) in [5.41, 5.74) is 2.83. The van der Waals surface area contributed by atoms with Crippen LogP contribution in [0.25, 0.3) is 0 Å². The molecule has 2 aromatic rings. The lowest BCUT2D eigenvalue weighted by atomic mass is 9.87. The average molecular weight is 383 g/mol. The molecule has 0 saturated heterocycles. The third-order valence-corrected chi connectivity index (χ3v) is 6.13. The molecular weight excluding hydrogens is 361 g/mol. The molecule has 1 amide bonds. The predicted molar refractivity (Wildman–Crippen MR) is 105 cm³/mol. The number of rotatable bonds is 5. The molecule has 27 heavy (non-hydrogen) atoms. The summed E-state index contributed by atoms with van der Waals surface area (Å²) in [5, 5.41) is 12.3. The molecule has 0 aliphatic heterocycles. The molecule has 6 heteroatoms. The summed E-state index contributed by atoms with van der Waals surface area (Å²) in [4.78, 5) is 17.3. The molecule has 140 valence electrons. The summed E-state index contributed by atoms with van der Waals surface area (Å²) in [7, 11) is 0. The van der Waals surface area contributed by atoms with E-state index in [1.165, 1.54) is 23.9 Å². The number of thioether (sulfide) groups is 1. The van der Waals surface area contributed by atoms with E-state index in [0.29, 0.717) is 22.9 Å². The Morgan fingerprint density at radius 2 is 2.26 bits per heavy atom. The number of nitrogens with zero attached hydrogens (tertiary/aromatic N) is 2. The van der Waals surface area contributed by atoms with Crippen LogP contribution >= 0.6 is 11.8 Å². The average Bonchev–Trinajstić information content (AvgIpc) is 2.67. The van der Waals surface area contributed by atoms with Gasteiger partial charge in [-0.25, -0.2) is 9.37 Å². The number of carbonyl (C=O) groups is 1. The molecular formula is C21H22FN3OS. The second-order valence-corrected chi connectivity index (χ2v) is 8.08. The second-order valence-electron chi connectivity index (χ2n) is 6.89. The summed E-state index contributed by atoms with van der Waals surface area (Å²) >= 11 is 1.28. The van der Waals surface area contributed by atoms with Gasteiger partial charge in [-0.3, -0.25) is 4.79 Å². The molecule has 0 radical (unpaired) electrons. The first-order valence-electron chi connectivity index (χ1n) is 9.16. The fraction of sp³-hybridized carbons (Fsp3) is 0.381. The summed E-state index contributed by atoms with van der Waals surface area (Å²) in [5.74, 6) is -0.159. The van der Waals surface area contributed by atoms with Crippen molar-refractivity contribution in [1.29, 1.82) is 5.26 Å². The lowest BCUT2D eigenvalue weighted by Gasteiger charge is -2.22. The quantitative estimate of drug-likeness (QED) is 0.758. The predicted octanol–water partition coefficient (Wildman–Crippen LogP) is 4.73. The zero-order valence-electron chi connectivity index (χ0n) is 15.5. The molecule has 0 saturated carbocycles. The summed E-state index contributed by atoms with van der Waals surface area (Å²) in [6.45, 7) is 4.10. The Labute approximate surface area is 163 Å². The number of aromatic nitrogens is 1. The van der Waals surface area contributed by atoms with Gasteiger partial charge in [0, 0.05) is 5.69 Å². The summed E-state index contributed by atoms with van der Waals surface area (Å²) < 4.78 is 13.8. The molecule has 0 spiro atoms. The fourth-order valence-corrected chi connectivity index (χ4v) is 4.23. The first-order chi connectivity index (χ1) is 13.0. The molecule has 0 bridgehead atoms. The van der Waals surface area contributed by atoms with E-state index < -0.39 is 11.1 Å². The van der Waals surface area contributed by atoms with Crippen molar-refractivity contribution in [3.8, 4) is 6.07 Å². The number of pyridine rings is 1. The smallest absolute Gasteiger partial charge is 0.237 e. The van der Waals surface area contributed by atoms with Crippen LogP contribution in [0.1, 0.15) is 43.5 Å². The normalized spacial score (nSPS) is 16.9. The van der Waals surface area contributed by atoms with Crippen LogP contribution in [0.5, 0.6) is 0 Å². The van der Waals surface area contributed by atoms with E-state index in [0.717, 1.165) is 30.5 Å². The molecule has 2 unspecified atom stereocenters. The molecule has 2 atom stereocenters. The Hall–Kier alpha value is -2.39. The molecule has 1 aliphatic rings. The summed E-state index contributed by atoms with van der Waals surface area (Å²) in [6.07, 6.45) is 3.47. The monoisotopic (exact) mass is 383 g/mol. The standard InChI is InChI=1S/C21H22FN3OS/c1-3-19(20(26)24-18-7-5-4-6-16(18)22)27-21-15(12-23)11-14-10-13(2)8-9-17(14)25-21/h4-7,11,13,19H,3,8-10H2,1-2H3,(H,24,26). The zero-order valence-corrected chi connectivity index (χ0v) is 16.3. The Morgan fingerprint density at radius 1 is 1.48 bits per heavy atom. The number of nitrogens with one attached hydrogen (secondary N) is 1. The molecule has 1 aliphatic carbocycles. The van der Waals surface area contributed by atoms with Crippen molar-refractivity contribution < 1.29 is 9.18 Å². The van der Waals surface area contributed by atoms with Crippen LogP contribution in [0.15, 0.2) is 35.4 Å². The van der Waals surface area contributed by atoms with Gasteiger partial charge in [0.1, 0.15) is 16.9 Å². The Morgan fingerprint density at radius 3 is 2.96 bits per heavy atom. The van der Waals surface area contributed by atoms with Gasteiger partial charge in [0.2, 0.25) is 5.91 Å². The maximum atomic E-state index is 13.8. The number of carbonyl (C=O) groups excluding carboxylic acids is 1. The third kappa shape index (κ3) is 4.48. The van der Waals surface area contributed by atoms with E-state index in [1.807, 2.05) is 13.0 Å². The van der Waals surface area contributed by atoms with Gasteiger partial charge in [-0.15, -0.1) is 0 Å².